The van der Waals surface area contributed by atoms with Crippen molar-refractivity contribution in [1.82, 2.24) is 4.90 Å². The number of amides is 1. The number of benzene rings is 2. The Morgan fingerprint density at radius 3 is 2.79 bits per heavy atom. The number of carbonyl (C=O) groups is 1. The molecule has 6 nitrogen and oxygen atoms in total. The number of hydrogen-bond donors (Lipinski definition) is 0. The maximum atomic E-state index is 13.0. The molecule has 0 bridgehead atoms. The summed E-state index contributed by atoms with van der Waals surface area (Å²) in [4.78, 5) is 14.6. The van der Waals surface area contributed by atoms with Gasteiger partial charge in [-0.05, 0) is 44.2 Å². The van der Waals surface area contributed by atoms with E-state index in [-0.39, 0.29) is 12.0 Å². The fourth-order valence-electron chi connectivity index (χ4n) is 3.38. The Morgan fingerprint density at radius 2 is 2.00 bits per heavy atom. The summed E-state index contributed by atoms with van der Waals surface area (Å²) in [6.07, 6.45) is -0.238. The summed E-state index contributed by atoms with van der Waals surface area (Å²) in [7, 11) is 1.74. The van der Waals surface area contributed by atoms with Crippen LogP contribution in [0.4, 0.5) is 0 Å². The average molecular weight is 381 g/mol. The average Bonchev–Trinajstić information content (AvgIpc) is 3.04. The van der Waals surface area contributed by atoms with E-state index in [1.54, 1.807) is 11.9 Å². The molecule has 0 radical (unpaired) electrons. The molecule has 6 heteroatoms. The van der Waals surface area contributed by atoms with Crippen LogP contribution >= 0.6 is 0 Å². The quantitative estimate of drug-likeness (QED) is 0.667. The molecule has 2 heterocycles. The van der Waals surface area contributed by atoms with Gasteiger partial charge in [0.1, 0.15) is 17.9 Å². The molecule has 1 aliphatic heterocycles. The fraction of sp³-hybridized carbons (Fsp3) is 0.318. The molecule has 0 saturated carbocycles. The summed E-state index contributed by atoms with van der Waals surface area (Å²) < 4.78 is 23.1. The van der Waals surface area contributed by atoms with Gasteiger partial charge in [-0.2, -0.15) is 0 Å². The van der Waals surface area contributed by atoms with Gasteiger partial charge in [0.05, 0.1) is 13.2 Å². The van der Waals surface area contributed by atoms with Crippen LogP contribution in [0.25, 0.3) is 11.0 Å². The number of ether oxygens (including phenoxy) is 3. The summed E-state index contributed by atoms with van der Waals surface area (Å²) in [5.41, 5.74) is 1.48. The highest BCUT2D eigenvalue weighted by Gasteiger charge is 2.27. The second-order valence-electron chi connectivity index (χ2n) is 6.83. The number of aryl methyl sites for hydroxylation is 1. The number of fused-ring (bicyclic) bond motifs is 2. The minimum atomic E-state index is -0.238. The van der Waals surface area contributed by atoms with E-state index in [0.717, 1.165) is 22.4 Å². The summed E-state index contributed by atoms with van der Waals surface area (Å²) in [5.74, 6) is 2.34. The van der Waals surface area contributed by atoms with E-state index < -0.39 is 0 Å². The molecule has 3 aromatic rings. The molecule has 0 saturated heterocycles. The normalized spacial score (nSPS) is 15.5. The second kappa shape index (κ2) is 7.46. The molecule has 146 valence electrons. The Morgan fingerprint density at radius 1 is 1.21 bits per heavy atom. The van der Waals surface area contributed by atoms with Gasteiger partial charge in [-0.15, -0.1) is 0 Å². The Bertz CT molecular complexity index is 1010. The molecule has 1 atom stereocenters. The maximum absolute atomic E-state index is 13.0. The van der Waals surface area contributed by atoms with Gasteiger partial charge in [0.15, 0.2) is 23.4 Å². The molecule has 0 fully saturated rings. The van der Waals surface area contributed by atoms with Crippen LogP contribution in [0, 0.1) is 6.92 Å². The van der Waals surface area contributed by atoms with E-state index in [2.05, 4.69) is 0 Å². The molecule has 0 unspecified atom stereocenters. The zero-order chi connectivity index (χ0) is 19.7. The van der Waals surface area contributed by atoms with Gasteiger partial charge in [-0.1, -0.05) is 12.1 Å². The Kier molecular flexibility index (Phi) is 4.86. The van der Waals surface area contributed by atoms with Gasteiger partial charge in [0, 0.05) is 18.0 Å². The molecule has 1 aromatic heterocycles. The minimum absolute atomic E-state index is 0.186. The first kappa shape index (κ1) is 18.2. The molecule has 1 amide bonds. The number of likely N-dealkylation sites (N-methyl/N-ethyl adjacent to an activating group) is 1. The molecule has 4 rings (SSSR count). The smallest absolute Gasteiger partial charge is 0.289 e. The van der Waals surface area contributed by atoms with Crippen LogP contribution in [0.3, 0.4) is 0 Å². The molecule has 0 aliphatic carbocycles. The number of rotatable bonds is 5. The molecule has 28 heavy (non-hydrogen) atoms. The van der Waals surface area contributed by atoms with Crippen molar-refractivity contribution in [2.24, 2.45) is 0 Å². The highest BCUT2D eigenvalue weighted by Crippen LogP contribution is 2.32. The van der Waals surface area contributed by atoms with E-state index >= 15 is 0 Å². The number of carbonyl (C=O) groups excluding carboxylic acids is 1. The number of para-hydroxylation sites is 2. The zero-order valence-electron chi connectivity index (χ0n) is 16.2. The van der Waals surface area contributed by atoms with Crippen LogP contribution in [-0.2, 0) is 0 Å². The first-order valence-corrected chi connectivity index (χ1v) is 9.36. The monoisotopic (exact) mass is 381 g/mol. The lowest BCUT2D eigenvalue weighted by atomic mass is 10.1. The van der Waals surface area contributed by atoms with Crippen LogP contribution in [0.15, 0.2) is 46.9 Å². The lowest BCUT2D eigenvalue weighted by Gasteiger charge is -2.29. The van der Waals surface area contributed by atoms with Crippen molar-refractivity contribution in [3.8, 4) is 17.2 Å². The summed E-state index contributed by atoms with van der Waals surface area (Å²) in [6, 6.07) is 13.1. The van der Waals surface area contributed by atoms with Gasteiger partial charge < -0.3 is 23.5 Å². The standard InChI is InChI=1S/C22H23NO5/c1-4-25-15-9-10-18-17(11-15)14(2)21(28-18)22(24)23(3)12-16-13-26-19-7-5-6-8-20(19)27-16/h5-11,16H,4,12-13H2,1-3H3/t16-/m0/s1. The molecule has 0 N–H and O–H groups in total. The number of furan rings is 1. The van der Waals surface area contributed by atoms with Crippen LogP contribution in [0.2, 0.25) is 0 Å². The lowest BCUT2D eigenvalue weighted by molar-refractivity contribution is 0.0502. The van der Waals surface area contributed by atoms with Gasteiger partial charge in [0.25, 0.3) is 5.91 Å². The van der Waals surface area contributed by atoms with Gasteiger partial charge in [0.2, 0.25) is 0 Å². The highest BCUT2D eigenvalue weighted by molar-refractivity contribution is 5.99. The lowest BCUT2D eigenvalue weighted by Crippen LogP contribution is -2.41. The molecular formula is C22H23NO5. The summed E-state index contributed by atoms with van der Waals surface area (Å²) in [5, 5.41) is 0.883. The molecular weight excluding hydrogens is 358 g/mol. The van der Waals surface area contributed by atoms with E-state index in [0.29, 0.717) is 36.9 Å². The summed E-state index contributed by atoms with van der Waals surface area (Å²) in [6.45, 7) is 5.20. The first-order chi connectivity index (χ1) is 13.6. The van der Waals surface area contributed by atoms with E-state index in [1.165, 1.54) is 0 Å². The first-order valence-electron chi connectivity index (χ1n) is 9.36. The van der Waals surface area contributed by atoms with E-state index in [9.17, 15) is 4.79 Å². The third kappa shape index (κ3) is 3.38. The van der Waals surface area contributed by atoms with Crippen molar-refractivity contribution in [1.29, 1.82) is 0 Å². The highest BCUT2D eigenvalue weighted by atomic mass is 16.6. The fourth-order valence-corrected chi connectivity index (χ4v) is 3.38. The third-order valence-electron chi connectivity index (χ3n) is 4.80. The van der Waals surface area contributed by atoms with Crippen LogP contribution < -0.4 is 14.2 Å². The van der Waals surface area contributed by atoms with Crippen molar-refractivity contribution in [2.75, 3.05) is 26.8 Å². The van der Waals surface area contributed by atoms with Crippen LogP contribution in [-0.4, -0.2) is 43.7 Å². The van der Waals surface area contributed by atoms with Crippen molar-refractivity contribution >= 4 is 16.9 Å². The Hall–Kier alpha value is -3.15. The van der Waals surface area contributed by atoms with E-state index in [4.69, 9.17) is 18.6 Å². The summed E-state index contributed by atoms with van der Waals surface area (Å²) >= 11 is 0. The van der Waals surface area contributed by atoms with Crippen molar-refractivity contribution in [3.63, 3.8) is 0 Å². The SMILES string of the molecule is CCOc1ccc2oc(C(=O)N(C)C[C@H]3COc4ccccc4O3)c(C)c2c1. The minimum Gasteiger partial charge on any atom is -0.494 e. The van der Waals surface area contributed by atoms with Gasteiger partial charge >= 0.3 is 0 Å². The zero-order valence-corrected chi connectivity index (χ0v) is 16.2. The van der Waals surface area contributed by atoms with Crippen LogP contribution in [0.5, 0.6) is 17.2 Å². The van der Waals surface area contributed by atoms with Crippen molar-refractivity contribution in [3.05, 3.63) is 53.8 Å². The number of nitrogens with zero attached hydrogens (tertiary/aromatic N) is 1. The largest absolute Gasteiger partial charge is 0.494 e. The van der Waals surface area contributed by atoms with Crippen LogP contribution in [0.1, 0.15) is 23.0 Å². The molecule has 0 spiro atoms. The second-order valence-corrected chi connectivity index (χ2v) is 6.83. The van der Waals surface area contributed by atoms with Gasteiger partial charge in [-0.3, -0.25) is 4.79 Å². The molecule has 2 aromatic carbocycles. The predicted molar refractivity (Wildman–Crippen MR) is 105 cm³/mol. The number of hydrogen-bond acceptors (Lipinski definition) is 5. The third-order valence-corrected chi connectivity index (χ3v) is 4.80. The predicted octanol–water partition coefficient (Wildman–Crippen LogP) is 4.05. The maximum Gasteiger partial charge on any atom is 0.289 e. The Labute approximate surface area is 163 Å². The van der Waals surface area contributed by atoms with E-state index in [1.807, 2.05) is 56.3 Å². The van der Waals surface area contributed by atoms with Crippen molar-refractivity contribution < 1.29 is 23.4 Å². The molecule has 1 aliphatic rings. The topological polar surface area (TPSA) is 61.1 Å². The Balaban J connectivity index is 1.50. The van der Waals surface area contributed by atoms with Gasteiger partial charge in [-0.25, -0.2) is 0 Å². The van der Waals surface area contributed by atoms with Crippen molar-refractivity contribution in [2.45, 2.75) is 20.0 Å².